The van der Waals surface area contributed by atoms with Crippen LogP contribution < -0.4 is 0 Å². The van der Waals surface area contributed by atoms with Gasteiger partial charge >= 0.3 is 6.18 Å². The van der Waals surface area contributed by atoms with Crippen molar-refractivity contribution < 1.29 is 31.5 Å². The maximum atomic E-state index is 13.4. The van der Waals surface area contributed by atoms with Crippen molar-refractivity contribution in [3.05, 3.63) is 33.1 Å². The number of rotatable bonds is 2. The SMILES string of the molecule is O=C(c1nc2c(C(F)(F)F)cc(Br)cn2c1Cl)N1CCN(C2CCC(F)(F)CC2)C(=O)C1. The first-order valence-electron chi connectivity index (χ1n) is 9.78. The van der Waals surface area contributed by atoms with E-state index in [1.54, 1.807) is 0 Å². The number of halogens is 7. The van der Waals surface area contributed by atoms with Gasteiger partial charge in [-0.2, -0.15) is 13.2 Å². The zero-order chi connectivity index (χ0) is 23.4. The van der Waals surface area contributed by atoms with Crippen molar-refractivity contribution in [2.45, 2.75) is 43.8 Å². The summed E-state index contributed by atoms with van der Waals surface area (Å²) < 4.78 is 68.1. The molecule has 0 aromatic carbocycles. The van der Waals surface area contributed by atoms with E-state index in [4.69, 9.17) is 11.6 Å². The van der Waals surface area contributed by atoms with Crippen molar-refractivity contribution in [3.63, 3.8) is 0 Å². The molecule has 6 nitrogen and oxygen atoms in total. The van der Waals surface area contributed by atoms with Crippen LogP contribution in [0.15, 0.2) is 16.7 Å². The fourth-order valence-corrected chi connectivity index (χ4v) is 4.85. The summed E-state index contributed by atoms with van der Waals surface area (Å²) in [6.07, 6.45) is -3.69. The summed E-state index contributed by atoms with van der Waals surface area (Å²) in [6.45, 7) is -0.0889. The first-order chi connectivity index (χ1) is 14.9. The minimum Gasteiger partial charge on any atom is -0.336 e. The van der Waals surface area contributed by atoms with Crippen LogP contribution in [-0.2, 0) is 11.0 Å². The minimum atomic E-state index is -4.72. The van der Waals surface area contributed by atoms with E-state index in [0.717, 1.165) is 15.4 Å². The summed E-state index contributed by atoms with van der Waals surface area (Å²) in [5.41, 5.74) is -1.99. The zero-order valence-electron chi connectivity index (χ0n) is 16.4. The largest absolute Gasteiger partial charge is 0.420 e. The average molecular weight is 544 g/mol. The van der Waals surface area contributed by atoms with Gasteiger partial charge in [0.15, 0.2) is 11.3 Å². The van der Waals surface area contributed by atoms with E-state index in [2.05, 4.69) is 20.9 Å². The highest BCUT2D eigenvalue weighted by Crippen LogP contribution is 2.37. The number of carbonyl (C=O) groups excluding carboxylic acids is 2. The lowest BCUT2D eigenvalue weighted by Crippen LogP contribution is -2.56. The molecule has 0 radical (unpaired) electrons. The first-order valence-corrected chi connectivity index (χ1v) is 11.0. The molecular weight excluding hydrogens is 527 g/mol. The first kappa shape index (κ1) is 23.2. The molecule has 1 aliphatic heterocycles. The standard InChI is InChI=1S/C19H17BrClF5N4O2/c20-10-7-12(19(24,25)26)16-27-14(15(21)30(16)8-10)17(32)28-5-6-29(13(31)9-28)11-1-3-18(22,23)4-2-11/h7-8,11H,1-6,9H2. The normalized spacial score (nSPS) is 20.3. The van der Waals surface area contributed by atoms with Gasteiger partial charge in [0.1, 0.15) is 11.7 Å². The third kappa shape index (κ3) is 4.30. The number of piperazine rings is 1. The predicted octanol–water partition coefficient (Wildman–Crippen LogP) is 4.63. The van der Waals surface area contributed by atoms with Gasteiger partial charge in [0.05, 0.1) is 5.56 Å². The maximum Gasteiger partial charge on any atom is 0.420 e. The van der Waals surface area contributed by atoms with E-state index in [1.165, 1.54) is 11.1 Å². The molecular formula is C19H17BrClF5N4O2. The summed E-state index contributed by atoms with van der Waals surface area (Å²) in [5, 5.41) is -0.304. The maximum absolute atomic E-state index is 13.4. The van der Waals surface area contributed by atoms with Crippen LogP contribution in [0.1, 0.15) is 41.7 Å². The Morgan fingerprint density at radius 3 is 2.47 bits per heavy atom. The predicted molar refractivity (Wildman–Crippen MR) is 108 cm³/mol. The molecule has 2 aliphatic rings. The van der Waals surface area contributed by atoms with E-state index < -0.39 is 40.8 Å². The van der Waals surface area contributed by atoms with Crippen molar-refractivity contribution in [2.24, 2.45) is 0 Å². The summed E-state index contributed by atoms with van der Waals surface area (Å²) in [7, 11) is 0. The van der Waals surface area contributed by atoms with Crippen LogP contribution in [0, 0.1) is 0 Å². The van der Waals surface area contributed by atoms with E-state index in [-0.39, 0.29) is 61.0 Å². The topological polar surface area (TPSA) is 57.9 Å². The third-order valence-electron chi connectivity index (χ3n) is 5.81. The molecule has 174 valence electrons. The smallest absolute Gasteiger partial charge is 0.336 e. The molecule has 2 aromatic rings. The Labute approximate surface area is 192 Å². The van der Waals surface area contributed by atoms with Gasteiger partial charge in [-0.1, -0.05) is 11.6 Å². The van der Waals surface area contributed by atoms with Crippen LogP contribution >= 0.6 is 27.5 Å². The van der Waals surface area contributed by atoms with Gasteiger partial charge in [0, 0.05) is 42.6 Å². The molecule has 0 atom stereocenters. The quantitative estimate of drug-likeness (QED) is 0.519. The van der Waals surface area contributed by atoms with Crippen molar-refractivity contribution in [1.82, 2.24) is 19.2 Å². The van der Waals surface area contributed by atoms with Gasteiger partial charge in [-0.15, -0.1) is 0 Å². The molecule has 0 bridgehead atoms. The van der Waals surface area contributed by atoms with Gasteiger partial charge in [-0.25, -0.2) is 13.8 Å². The highest BCUT2D eigenvalue weighted by molar-refractivity contribution is 9.10. The molecule has 2 amide bonds. The lowest BCUT2D eigenvalue weighted by Gasteiger charge is -2.41. The monoisotopic (exact) mass is 542 g/mol. The summed E-state index contributed by atoms with van der Waals surface area (Å²) in [4.78, 5) is 32.1. The number of pyridine rings is 1. The van der Waals surface area contributed by atoms with Crippen LogP contribution in [0.5, 0.6) is 0 Å². The second-order valence-corrected chi connectivity index (χ2v) is 9.19. The molecule has 4 rings (SSSR count). The summed E-state index contributed by atoms with van der Waals surface area (Å²) in [5.74, 6) is -3.90. The van der Waals surface area contributed by atoms with Crippen LogP contribution in [-0.4, -0.2) is 62.6 Å². The number of carbonyl (C=O) groups is 2. The molecule has 3 heterocycles. The third-order valence-corrected chi connectivity index (χ3v) is 6.60. The van der Waals surface area contributed by atoms with Crippen LogP contribution in [0.3, 0.4) is 0 Å². The van der Waals surface area contributed by atoms with Crippen LogP contribution in [0.2, 0.25) is 5.15 Å². The highest BCUT2D eigenvalue weighted by atomic mass is 79.9. The van der Waals surface area contributed by atoms with Crippen molar-refractivity contribution in [3.8, 4) is 0 Å². The zero-order valence-corrected chi connectivity index (χ0v) is 18.8. The van der Waals surface area contributed by atoms with Crippen molar-refractivity contribution >= 4 is 45.0 Å². The highest BCUT2D eigenvalue weighted by Gasteiger charge is 2.41. The number of fused-ring (bicyclic) bond motifs is 1. The molecule has 2 aromatic heterocycles. The van der Waals surface area contributed by atoms with Gasteiger partial charge in [-0.05, 0) is 34.8 Å². The lowest BCUT2D eigenvalue weighted by molar-refractivity contribution is -0.141. The number of alkyl halides is 5. The second kappa shape index (κ2) is 8.12. The molecule has 1 saturated carbocycles. The Kier molecular flexibility index (Phi) is 5.89. The fourth-order valence-electron chi connectivity index (χ4n) is 4.16. The Morgan fingerprint density at radius 2 is 1.88 bits per heavy atom. The summed E-state index contributed by atoms with van der Waals surface area (Å²) in [6, 6.07) is 0.521. The Morgan fingerprint density at radius 1 is 1.22 bits per heavy atom. The number of imidazole rings is 1. The minimum absolute atomic E-state index is 0.0947. The molecule has 1 aliphatic carbocycles. The number of amides is 2. The molecule has 0 unspecified atom stereocenters. The van der Waals surface area contributed by atoms with E-state index in [0.29, 0.717) is 0 Å². The van der Waals surface area contributed by atoms with E-state index in [9.17, 15) is 31.5 Å². The van der Waals surface area contributed by atoms with Crippen LogP contribution in [0.25, 0.3) is 5.65 Å². The van der Waals surface area contributed by atoms with E-state index in [1.807, 2.05) is 0 Å². The van der Waals surface area contributed by atoms with E-state index >= 15 is 0 Å². The van der Waals surface area contributed by atoms with Gasteiger partial charge in [0.2, 0.25) is 11.8 Å². The second-order valence-electron chi connectivity index (χ2n) is 7.92. The molecule has 0 spiro atoms. The fraction of sp³-hybridized carbons (Fsp3) is 0.526. The number of nitrogens with zero attached hydrogens (tertiary/aromatic N) is 4. The van der Waals surface area contributed by atoms with Crippen molar-refractivity contribution in [1.29, 1.82) is 0 Å². The molecule has 2 fully saturated rings. The average Bonchev–Trinajstić information content (AvgIpc) is 3.03. The number of hydrogen-bond acceptors (Lipinski definition) is 3. The lowest BCUT2D eigenvalue weighted by atomic mass is 9.90. The molecule has 13 heteroatoms. The molecule has 1 saturated heterocycles. The van der Waals surface area contributed by atoms with Gasteiger partial charge < -0.3 is 9.80 Å². The van der Waals surface area contributed by atoms with Crippen molar-refractivity contribution in [2.75, 3.05) is 19.6 Å². The number of hydrogen-bond donors (Lipinski definition) is 0. The Balaban J connectivity index is 1.54. The van der Waals surface area contributed by atoms with Gasteiger partial charge in [0.25, 0.3) is 5.91 Å². The van der Waals surface area contributed by atoms with Gasteiger partial charge in [-0.3, -0.25) is 14.0 Å². The molecule has 32 heavy (non-hydrogen) atoms. The number of aromatic nitrogens is 2. The Bertz CT molecular complexity index is 1080. The molecule has 0 N–H and O–H groups in total. The Hall–Kier alpha value is -1.95. The van der Waals surface area contributed by atoms with Crippen LogP contribution in [0.4, 0.5) is 22.0 Å². The summed E-state index contributed by atoms with van der Waals surface area (Å²) >= 11 is 9.17.